The first-order valence-corrected chi connectivity index (χ1v) is 14.5. The van der Waals surface area contributed by atoms with E-state index in [-0.39, 0.29) is 41.0 Å². The van der Waals surface area contributed by atoms with E-state index in [0.717, 1.165) is 0 Å². The molecule has 1 aliphatic rings. The average Bonchev–Trinajstić information content (AvgIpc) is 3.68. The van der Waals surface area contributed by atoms with Crippen molar-refractivity contribution in [2.75, 3.05) is 31.0 Å². The normalized spacial score (nSPS) is 18.8. The van der Waals surface area contributed by atoms with Crippen molar-refractivity contribution >= 4 is 35.3 Å². The molecule has 0 bridgehead atoms. The van der Waals surface area contributed by atoms with E-state index in [1.54, 1.807) is 110 Å². The summed E-state index contributed by atoms with van der Waals surface area (Å²) in [5, 5.41) is 13.0. The minimum absolute atomic E-state index is 0.0884. The molecule has 15 nitrogen and oxygen atoms in total. The highest BCUT2D eigenvalue weighted by molar-refractivity contribution is 5.91. The van der Waals surface area contributed by atoms with E-state index >= 15 is 0 Å². The van der Waals surface area contributed by atoms with Crippen molar-refractivity contribution in [1.29, 1.82) is 0 Å². The van der Waals surface area contributed by atoms with Gasteiger partial charge in [0.15, 0.2) is 30.0 Å². The van der Waals surface area contributed by atoms with Crippen LogP contribution in [0.4, 0.5) is 11.8 Å². The Hall–Kier alpha value is -5.93. The zero-order valence-corrected chi connectivity index (χ0v) is 25.3. The van der Waals surface area contributed by atoms with Crippen LogP contribution in [0.3, 0.4) is 0 Å². The van der Waals surface area contributed by atoms with Gasteiger partial charge < -0.3 is 29.3 Å². The molecule has 3 heterocycles. The summed E-state index contributed by atoms with van der Waals surface area (Å²) in [6.45, 7) is -0.360. The van der Waals surface area contributed by atoms with Gasteiger partial charge in [-0.1, -0.05) is 54.6 Å². The zero-order chi connectivity index (χ0) is 32.9. The van der Waals surface area contributed by atoms with Gasteiger partial charge in [-0.25, -0.2) is 20.2 Å². The maximum absolute atomic E-state index is 13.5. The van der Waals surface area contributed by atoms with Gasteiger partial charge in [0.25, 0.3) is 0 Å². The van der Waals surface area contributed by atoms with Gasteiger partial charge in [0, 0.05) is 14.1 Å². The number of nitrogens with two attached hydrogens (primary N) is 1. The molecular weight excluding hydrogens is 608 g/mol. The lowest BCUT2D eigenvalue weighted by atomic mass is 10.1. The lowest BCUT2D eigenvalue weighted by molar-refractivity contribution is -0.0455. The van der Waals surface area contributed by atoms with Gasteiger partial charge in [-0.2, -0.15) is 9.50 Å². The Morgan fingerprint density at radius 3 is 1.87 bits per heavy atom. The summed E-state index contributed by atoms with van der Waals surface area (Å²) in [6.07, 6.45) is -4.88. The standard InChI is InChI=1S/C32H30N8O7/c1-39(2)32-34-26(35-33)28-37-36-27(40(28)38-32)25-24(47-31(43)21-16-10-5-11-17-21)23(46-30(42)20-14-8-4-9-15-20)22(45-25)18-44-29(41)19-12-6-3-7-13-19/h3-17,22-25H,18,33H2,1-2H3,(H,34,35,38)/t22-,23-,24-,25-/m1/s1. The second kappa shape index (κ2) is 13.6. The predicted octanol–water partition coefficient (Wildman–Crippen LogP) is 2.62. The number of ether oxygens (including phenoxy) is 4. The van der Waals surface area contributed by atoms with Crippen molar-refractivity contribution in [3.05, 3.63) is 114 Å². The number of nitrogens with zero attached hydrogens (tertiary/aromatic N) is 6. The minimum Gasteiger partial charge on any atom is -0.459 e. The first kappa shape index (κ1) is 31.1. The van der Waals surface area contributed by atoms with Crippen molar-refractivity contribution in [3.8, 4) is 0 Å². The van der Waals surface area contributed by atoms with Crippen molar-refractivity contribution in [1.82, 2.24) is 24.8 Å². The van der Waals surface area contributed by atoms with Crippen LogP contribution >= 0.6 is 0 Å². The third kappa shape index (κ3) is 6.56. The molecule has 15 heteroatoms. The number of rotatable bonds is 10. The Morgan fingerprint density at radius 1 is 0.809 bits per heavy atom. The maximum atomic E-state index is 13.5. The summed E-state index contributed by atoms with van der Waals surface area (Å²) < 4.78 is 25.4. The second-order valence-electron chi connectivity index (χ2n) is 10.6. The molecule has 47 heavy (non-hydrogen) atoms. The Morgan fingerprint density at radius 2 is 1.34 bits per heavy atom. The summed E-state index contributed by atoms with van der Waals surface area (Å²) in [6, 6.07) is 25.0. The minimum atomic E-state index is -1.30. The summed E-state index contributed by atoms with van der Waals surface area (Å²) in [5.74, 6) is 4.18. The van der Waals surface area contributed by atoms with Gasteiger partial charge in [0.2, 0.25) is 11.6 Å². The number of aromatic nitrogens is 5. The highest BCUT2D eigenvalue weighted by Crippen LogP contribution is 2.38. The number of benzene rings is 3. The third-order valence-corrected chi connectivity index (χ3v) is 7.27. The topological polar surface area (TPSA) is 185 Å². The monoisotopic (exact) mass is 638 g/mol. The lowest BCUT2D eigenvalue weighted by Crippen LogP contribution is -2.41. The van der Waals surface area contributed by atoms with Crippen molar-refractivity contribution in [3.63, 3.8) is 0 Å². The second-order valence-corrected chi connectivity index (χ2v) is 10.6. The molecule has 0 radical (unpaired) electrons. The lowest BCUT2D eigenvalue weighted by Gasteiger charge is -2.24. The largest absolute Gasteiger partial charge is 0.459 e. The fourth-order valence-corrected chi connectivity index (χ4v) is 4.95. The van der Waals surface area contributed by atoms with Crippen LogP contribution in [0.25, 0.3) is 5.65 Å². The summed E-state index contributed by atoms with van der Waals surface area (Å²) in [5.41, 5.74) is 3.45. The molecule has 3 N–H and O–H groups in total. The number of esters is 3. The number of anilines is 2. The van der Waals surface area contributed by atoms with E-state index in [0.29, 0.717) is 5.56 Å². The number of hydrazine groups is 1. The molecular formula is C32H30N8O7. The smallest absolute Gasteiger partial charge is 0.338 e. The van der Waals surface area contributed by atoms with Crippen LogP contribution in [0.1, 0.15) is 43.0 Å². The van der Waals surface area contributed by atoms with Crippen LogP contribution in [0.15, 0.2) is 91.0 Å². The van der Waals surface area contributed by atoms with E-state index in [4.69, 9.17) is 24.8 Å². The molecule has 0 spiro atoms. The molecule has 0 saturated carbocycles. The molecule has 6 rings (SSSR count). The molecule has 0 amide bonds. The van der Waals surface area contributed by atoms with E-state index in [2.05, 4.69) is 25.7 Å². The highest BCUT2D eigenvalue weighted by Gasteiger charge is 2.53. The Balaban J connectivity index is 1.41. The van der Waals surface area contributed by atoms with Crippen molar-refractivity contribution in [2.24, 2.45) is 5.84 Å². The fourth-order valence-electron chi connectivity index (χ4n) is 4.95. The first-order valence-electron chi connectivity index (χ1n) is 14.5. The number of nitrogens with one attached hydrogen (secondary N) is 1. The van der Waals surface area contributed by atoms with Crippen LogP contribution in [0, 0.1) is 0 Å². The summed E-state index contributed by atoms with van der Waals surface area (Å²) in [4.78, 5) is 45.8. The Bertz CT molecular complexity index is 1870. The van der Waals surface area contributed by atoms with Crippen LogP contribution in [0.2, 0.25) is 0 Å². The van der Waals surface area contributed by atoms with Crippen molar-refractivity contribution in [2.45, 2.75) is 24.4 Å². The molecule has 5 aromatic rings. The number of carbonyl (C=O) groups excluding carboxylic acids is 3. The van der Waals surface area contributed by atoms with Crippen LogP contribution in [-0.2, 0) is 18.9 Å². The van der Waals surface area contributed by atoms with Crippen LogP contribution in [0.5, 0.6) is 0 Å². The number of fused-ring (bicyclic) bond motifs is 1. The molecule has 1 saturated heterocycles. The van der Waals surface area contributed by atoms with E-state index in [1.165, 1.54) is 4.52 Å². The number of hydrogen-bond donors (Lipinski definition) is 2. The number of nitrogen functional groups attached to an aromatic ring is 1. The quantitative estimate of drug-likeness (QED) is 0.0984. The summed E-state index contributed by atoms with van der Waals surface area (Å²) >= 11 is 0. The fraction of sp³-hybridized carbons (Fsp3) is 0.219. The van der Waals surface area contributed by atoms with E-state index in [1.807, 2.05) is 0 Å². The molecule has 4 atom stereocenters. The van der Waals surface area contributed by atoms with Gasteiger partial charge in [0.1, 0.15) is 12.7 Å². The SMILES string of the molecule is CN(C)c1nc(NN)c2nnc([C@@H]3O[C@H](COC(=O)c4ccccc4)[C@@H](OC(=O)c4ccccc4)[C@H]3OC(=O)c3ccccc3)n2n1. The third-order valence-electron chi connectivity index (χ3n) is 7.27. The van der Waals surface area contributed by atoms with E-state index < -0.39 is 42.3 Å². The van der Waals surface area contributed by atoms with Crippen LogP contribution in [-0.4, -0.2) is 81.7 Å². The number of hydrogen-bond acceptors (Lipinski definition) is 14. The van der Waals surface area contributed by atoms with Gasteiger partial charge >= 0.3 is 17.9 Å². The summed E-state index contributed by atoms with van der Waals surface area (Å²) in [7, 11) is 3.47. The zero-order valence-electron chi connectivity index (χ0n) is 25.3. The molecule has 1 aliphatic heterocycles. The van der Waals surface area contributed by atoms with Gasteiger partial charge in [-0.05, 0) is 36.4 Å². The highest BCUT2D eigenvalue weighted by atomic mass is 16.7. The van der Waals surface area contributed by atoms with Crippen molar-refractivity contribution < 1.29 is 33.3 Å². The molecule has 0 unspecified atom stereocenters. The molecule has 2 aromatic heterocycles. The van der Waals surface area contributed by atoms with Crippen LogP contribution < -0.4 is 16.2 Å². The first-order chi connectivity index (χ1) is 22.8. The van der Waals surface area contributed by atoms with Gasteiger partial charge in [0.05, 0.1) is 16.7 Å². The molecule has 240 valence electrons. The Labute approximate surface area is 268 Å². The van der Waals surface area contributed by atoms with E-state index in [9.17, 15) is 14.4 Å². The maximum Gasteiger partial charge on any atom is 0.338 e. The van der Waals surface area contributed by atoms with Gasteiger partial charge in [-0.15, -0.1) is 15.3 Å². The van der Waals surface area contributed by atoms with Gasteiger partial charge in [-0.3, -0.25) is 0 Å². The Kier molecular flexibility index (Phi) is 8.99. The molecule has 3 aromatic carbocycles. The average molecular weight is 639 g/mol. The molecule has 0 aliphatic carbocycles. The predicted molar refractivity (Wildman–Crippen MR) is 166 cm³/mol. The molecule has 1 fully saturated rings. The number of carbonyl (C=O) groups is 3.